The molecule has 1 aromatic rings. The van der Waals surface area contributed by atoms with Crippen molar-refractivity contribution in [2.45, 2.75) is 25.8 Å². The number of rotatable bonds is 4. The van der Waals surface area contributed by atoms with Crippen LogP contribution in [0, 0.1) is 2.88 Å². The molecule has 1 unspecified atom stereocenters. The predicted octanol–water partition coefficient (Wildman–Crippen LogP) is 2.57. The SMILES string of the molecule is CC(CNC(=O)c1csc(I)c1)N1CCCC1. The highest BCUT2D eigenvalue weighted by molar-refractivity contribution is 14.1. The number of nitrogens with one attached hydrogen (secondary N) is 1. The number of carbonyl (C=O) groups excluding carboxylic acids is 1. The third-order valence-corrected chi connectivity index (χ3v) is 4.94. The largest absolute Gasteiger partial charge is 0.350 e. The molecule has 1 aromatic heterocycles. The normalized spacial score (nSPS) is 18.2. The fourth-order valence-corrected chi connectivity index (χ4v) is 3.41. The van der Waals surface area contributed by atoms with Crippen LogP contribution in [0.1, 0.15) is 30.1 Å². The van der Waals surface area contributed by atoms with Crippen molar-refractivity contribution >= 4 is 39.8 Å². The summed E-state index contributed by atoms with van der Waals surface area (Å²) in [5.41, 5.74) is 0.785. The van der Waals surface area contributed by atoms with E-state index >= 15 is 0 Å². The molecule has 0 aromatic carbocycles. The van der Waals surface area contributed by atoms with Crippen LogP contribution >= 0.6 is 33.9 Å². The van der Waals surface area contributed by atoms with Crippen LogP contribution in [0.5, 0.6) is 0 Å². The fraction of sp³-hybridized carbons (Fsp3) is 0.583. The standard InChI is InChI=1S/C12H17IN2OS/c1-9(15-4-2-3-5-15)7-14-12(16)10-6-11(13)17-8-10/h6,8-9H,2-5,7H2,1H3,(H,14,16). The molecule has 1 N–H and O–H groups in total. The zero-order chi connectivity index (χ0) is 12.3. The first kappa shape index (κ1) is 13.3. The number of likely N-dealkylation sites (tertiary alicyclic amines) is 1. The molecule has 0 spiro atoms. The predicted molar refractivity (Wildman–Crippen MR) is 79.6 cm³/mol. The first-order valence-electron chi connectivity index (χ1n) is 5.93. The van der Waals surface area contributed by atoms with Crippen molar-refractivity contribution in [3.8, 4) is 0 Å². The molecule has 1 fully saturated rings. The number of hydrogen-bond donors (Lipinski definition) is 1. The van der Waals surface area contributed by atoms with E-state index in [4.69, 9.17) is 0 Å². The van der Waals surface area contributed by atoms with Crippen LogP contribution in [-0.4, -0.2) is 36.5 Å². The Morgan fingerprint density at radius 2 is 2.29 bits per heavy atom. The molecule has 2 rings (SSSR count). The molecule has 1 saturated heterocycles. The maximum absolute atomic E-state index is 11.9. The summed E-state index contributed by atoms with van der Waals surface area (Å²) in [4.78, 5) is 14.3. The van der Waals surface area contributed by atoms with Crippen molar-refractivity contribution in [3.63, 3.8) is 0 Å². The number of amides is 1. The fourth-order valence-electron chi connectivity index (χ4n) is 2.08. The van der Waals surface area contributed by atoms with Gasteiger partial charge in [0.1, 0.15) is 0 Å². The van der Waals surface area contributed by atoms with E-state index in [0.29, 0.717) is 6.04 Å². The molecule has 3 nitrogen and oxygen atoms in total. The first-order chi connectivity index (χ1) is 8.16. The van der Waals surface area contributed by atoms with Crippen molar-refractivity contribution in [2.75, 3.05) is 19.6 Å². The van der Waals surface area contributed by atoms with Gasteiger partial charge >= 0.3 is 0 Å². The van der Waals surface area contributed by atoms with Gasteiger partial charge in [-0.1, -0.05) is 0 Å². The Morgan fingerprint density at radius 1 is 1.59 bits per heavy atom. The van der Waals surface area contributed by atoms with Gasteiger partial charge in [-0.25, -0.2) is 0 Å². The summed E-state index contributed by atoms with van der Waals surface area (Å²) < 4.78 is 1.15. The molecule has 94 valence electrons. The van der Waals surface area contributed by atoms with Gasteiger partial charge in [0.25, 0.3) is 5.91 Å². The van der Waals surface area contributed by atoms with E-state index in [0.717, 1.165) is 15.0 Å². The van der Waals surface area contributed by atoms with Crippen LogP contribution in [-0.2, 0) is 0 Å². The molecule has 1 atom stereocenters. The minimum Gasteiger partial charge on any atom is -0.350 e. The van der Waals surface area contributed by atoms with E-state index < -0.39 is 0 Å². The Morgan fingerprint density at radius 3 is 2.88 bits per heavy atom. The van der Waals surface area contributed by atoms with Crippen LogP contribution in [0.25, 0.3) is 0 Å². The summed E-state index contributed by atoms with van der Waals surface area (Å²) in [5.74, 6) is 0.0511. The van der Waals surface area contributed by atoms with Gasteiger partial charge < -0.3 is 5.32 Å². The topological polar surface area (TPSA) is 32.3 Å². The second kappa shape index (κ2) is 6.15. The summed E-state index contributed by atoms with van der Waals surface area (Å²) in [6.45, 7) is 5.27. The lowest BCUT2D eigenvalue weighted by atomic mass is 10.2. The highest BCUT2D eigenvalue weighted by Crippen LogP contribution is 2.16. The number of nitrogens with zero attached hydrogens (tertiary/aromatic N) is 1. The van der Waals surface area contributed by atoms with Crippen LogP contribution in [0.4, 0.5) is 0 Å². The van der Waals surface area contributed by atoms with Gasteiger partial charge in [-0.15, -0.1) is 11.3 Å². The second-order valence-electron chi connectivity index (χ2n) is 4.44. The molecule has 1 aliphatic heterocycles. The van der Waals surface area contributed by atoms with Crippen LogP contribution in [0.15, 0.2) is 11.4 Å². The summed E-state index contributed by atoms with van der Waals surface area (Å²) in [7, 11) is 0. The van der Waals surface area contributed by atoms with E-state index in [-0.39, 0.29) is 5.91 Å². The van der Waals surface area contributed by atoms with Gasteiger partial charge in [0.05, 0.1) is 8.45 Å². The molecule has 0 saturated carbocycles. The maximum atomic E-state index is 11.9. The molecule has 17 heavy (non-hydrogen) atoms. The van der Waals surface area contributed by atoms with Gasteiger partial charge in [0, 0.05) is 18.0 Å². The molecule has 2 heterocycles. The zero-order valence-electron chi connectivity index (χ0n) is 9.91. The smallest absolute Gasteiger partial charge is 0.252 e. The van der Waals surface area contributed by atoms with E-state index in [1.807, 2.05) is 11.4 Å². The van der Waals surface area contributed by atoms with Crippen molar-refractivity contribution < 1.29 is 4.79 Å². The van der Waals surface area contributed by atoms with Gasteiger partial charge in [-0.05, 0) is 61.5 Å². The van der Waals surface area contributed by atoms with Crippen molar-refractivity contribution in [2.24, 2.45) is 0 Å². The third kappa shape index (κ3) is 3.66. The summed E-state index contributed by atoms with van der Waals surface area (Å²) in [5, 5.41) is 4.93. The average Bonchev–Trinajstić information content (AvgIpc) is 2.95. The molecular formula is C12H17IN2OS. The summed E-state index contributed by atoms with van der Waals surface area (Å²) in [6.07, 6.45) is 2.59. The number of thiophene rings is 1. The lowest BCUT2D eigenvalue weighted by Gasteiger charge is -2.23. The van der Waals surface area contributed by atoms with Crippen molar-refractivity contribution in [1.82, 2.24) is 10.2 Å². The van der Waals surface area contributed by atoms with Gasteiger partial charge in [-0.3, -0.25) is 9.69 Å². The quantitative estimate of drug-likeness (QED) is 0.833. The highest BCUT2D eigenvalue weighted by Gasteiger charge is 2.18. The third-order valence-electron chi connectivity index (χ3n) is 3.15. The lowest BCUT2D eigenvalue weighted by molar-refractivity contribution is 0.0941. The van der Waals surface area contributed by atoms with Gasteiger partial charge in [0.2, 0.25) is 0 Å². The summed E-state index contributed by atoms with van der Waals surface area (Å²) >= 11 is 3.84. The molecule has 1 aliphatic rings. The Bertz CT molecular complexity index is 388. The van der Waals surface area contributed by atoms with Crippen LogP contribution in [0.3, 0.4) is 0 Å². The van der Waals surface area contributed by atoms with Crippen LogP contribution in [0.2, 0.25) is 0 Å². The monoisotopic (exact) mass is 364 g/mol. The zero-order valence-corrected chi connectivity index (χ0v) is 12.9. The number of carbonyl (C=O) groups is 1. The first-order valence-corrected chi connectivity index (χ1v) is 7.89. The van der Waals surface area contributed by atoms with Crippen molar-refractivity contribution in [1.29, 1.82) is 0 Å². The molecular weight excluding hydrogens is 347 g/mol. The molecule has 1 amide bonds. The van der Waals surface area contributed by atoms with E-state index in [1.165, 1.54) is 25.9 Å². The van der Waals surface area contributed by atoms with E-state index in [2.05, 4.69) is 39.7 Å². The Balaban J connectivity index is 1.79. The van der Waals surface area contributed by atoms with Gasteiger partial charge in [0.15, 0.2) is 0 Å². The average molecular weight is 364 g/mol. The lowest BCUT2D eigenvalue weighted by Crippen LogP contribution is -2.40. The van der Waals surface area contributed by atoms with Gasteiger partial charge in [-0.2, -0.15) is 0 Å². The minimum atomic E-state index is 0.0511. The Hall–Kier alpha value is -0.140. The minimum absolute atomic E-state index is 0.0511. The molecule has 0 aliphatic carbocycles. The summed E-state index contributed by atoms with van der Waals surface area (Å²) in [6, 6.07) is 2.38. The second-order valence-corrected chi connectivity index (χ2v) is 7.25. The Kier molecular flexibility index (Phi) is 4.81. The van der Waals surface area contributed by atoms with Crippen molar-refractivity contribution in [3.05, 3.63) is 19.9 Å². The Labute approximate surface area is 120 Å². The number of halogens is 1. The molecule has 0 radical (unpaired) electrons. The maximum Gasteiger partial charge on any atom is 0.252 e. The molecule has 5 heteroatoms. The highest BCUT2D eigenvalue weighted by atomic mass is 127. The molecule has 0 bridgehead atoms. The van der Waals surface area contributed by atoms with E-state index in [9.17, 15) is 4.79 Å². The number of hydrogen-bond acceptors (Lipinski definition) is 3. The van der Waals surface area contributed by atoms with Crippen LogP contribution < -0.4 is 5.32 Å². The van der Waals surface area contributed by atoms with E-state index in [1.54, 1.807) is 11.3 Å².